The Bertz CT molecular complexity index is 372. The van der Waals surface area contributed by atoms with E-state index in [1.807, 2.05) is 0 Å². The molecule has 0 radical (unpaired) electrons. The van der Waals surface area contributed by atoms with Crippen LogP contribution in [0.25, 0.3) is 0 Å². The number of hydrogen-bond acceptors (Lipinski definition) is 2. The van der Waals surface area contributed by atoms with Gasteiger partial charge in [0.05, 0.1) is 5.69 Å². The zero-order valence-electron chi connectivity index (χ0n) is 9.56. The second-order valence-corrected chi connectivity index (χ2v) is 5.32. The fraction of sp³-hybridized carbons (Fsp3) is 0.750. The number of H-pyrrole nitrogens is 1. The summed E-state index contributed by atoms with van der Waals surface area (Å²) in [5.74, 6) is 0.542. The van der Waals surface area contributed by atoms with Crippen LogP contribution < -0.4 is 5.32 Å². The van der Waals surface area contributed by atoms with Gasteiger partial charge in [-0.25, -0.2) is 0 Å². The lowest BCUT2D eigenvalue weighted by atomic mass is 9.79. The van der Waals surface area contributed by atoms with Crippen LogP contribution in [0, 0.1) is 0 Å². The number of aryl methyl sites for hydroxylation is 1. The molecule has 1 aromatic heterocycles. The Morgan fingerprint density at radius 1 is 1.33 bits per heavy atom. The third-order valence-corrected chi connectivity index (χ3v) is 4.04. The van der Waals surface area contributed by atoms with Gasteiger partial charge in [0.2, 0.25) is 0 Å². The zero-order valence-corrected chi connectivity index (χ0v) is 9.56. The number of nitrogens with zero attached hydrogens (tertiary/aromatic N) is 1. The van der Waals surface area contributed by atoms with E-state index < -0.39 is 0 Å². The van der Waals surface area contributed by atoms with Crippen LogP contribution >= 0.6 is 0 Å². The molecule has 1 unspecified atom stereocenters. The van der Waals surface area contributed by atoms with E-state index in [9.17, 15) is 0 Å². The van der Waals surface area contributed by atoms with Crippen LogP contribution in [0.3, 0.4) is 0 Å². The highest BCUT2D eigenvalue weighted by atomic mass is 15.1. The average Bonchev–Trinajstić information content (AvgIpc) is 2.88. The second-order valence-electron chi connectivity index (χ2n) is 5.32. The van der Waals surface area contributed by atoms with Gasteiger partial charge in [-0.2, -0.15) is 5.10 Å². The maximum absolute atomic E-state index is 4.50. The van der Waals surface area contributed by atoms with Crippen molar-refractivity contribution in [3.8, 4) is 0 Å². The van der Waals surface area contributed by atoms with Gasteiger partial charge in [-0.1, -0.05) is 13.8 Å². The summed E-state index contributed by atoms with van der Waals surface area (Å²) in [6, 6.07) is 0. The zero-order chi connectivity index (χ0) is 10.5. The first-order chi connectivity index (χ1) is 7.23. The predicted molar refractivity (Wildman–Crippen MR) is 60.2 cm³/mol. The Labute approximate surface area is 90.7 Å². The van der Waals surface area contributed by atoms with Crippen LogP contribution in [0.2, 0.25) is 0 Å². The van der Waals surface area contributed by atoms with Crippen LogP contribution in [0.15, 0.2) is 0 Å². The van der Waals surface area contributed by atoms with Crippen molar-refractivity contribution in [1.29, 1.82) is 0 Å². The largest absolute Gasteiger partial charge is 0.316 e. The van der Waals surface area contributed by atoms with Crippen LogP contribution in [0.1, 0.15) is 49.6 Å². The first kappa shape index (κ1) is 9.40. The second kappa shape index (κ2) is 3.08. The lowest BCUT2D eigenvalue weighted by Gasteiger charge is -2.24. The smallest absolute Gasteiger partial charge is 0.0688 e. The Kier molecular flexibility index (Phi) is 1.93. The molecular weight excluding hydrogens is 186 g/mol. The van der Waals surface area contributed by atoms with Crippen molar-refractivity contribution in [1.82, 2.24) is 15.5 Å². The van der Waals surface area contributed by atoms with Crippen LogP contribution in [0.4, 0.5) is 0 Å². The van der Waals surface area contributed by atoms with Gasteiger partial charge < -0.3 is 5.32 Å². The molecule has 2 heterocycles. The first-order valence-corrected chi connectivity index (χ1v) is 6.01. The van der Waals surface area contributed by atoms with Crippen LogP contribution in [0.5, 0.6) is 0 Å². The van der Waals surface area contributed by atoms with Gasteiger partial charge in [0.15, 0.2) is 0 Å². The monoisotopic (exact) mass is 205 g/mol. The molecule has 0 amide bonds. The lowest BCUT2D eigenvalue weighted by Crippen LogP contribution is -2.27. The Morgan fingerprint density at radius 2 is 2.20 bits per heavy atom. The molecule has 3 heteroatoms. The number of nitrogens with one attached hydrogen (secondary N) is 2. The highest BCUT2D eigenvalue weighted by molar-refractivity contribution is 5.41. The first-order valence-electron chi connectivity index (χ1n) is 6.01. The Morgan fingerprint density at radius 3 is 2.87 bits per heavy atom. The van der Waals surface area contributed by atoms with Crippen molar-refractivity contribution in [2.75, 3.05) is 13.1 Å². The molecular formula is C12H19N3. The van der Waals surface area contributed by atoms with Gasteiger partial charge >= 0.3 is 0 Å². The number of rotatable bonds is 1. The van der Waals surface area contributed by atoms with Gasteiger partial charge in [0, 0.05) is 23.2 Å². The molecule has 2 N–H and O–H groups in total. The van der Waals surface area contributed by atoms with Gasteiger partial charge in [-0.05, 0) is 31.7 Å². The maximum atomic E-state index is 4.50. The topological polar surface area (TPSA) is 40.7 Å². The molecule has 0 aromatic carbocycles. The molecule has 1 aliphatic heterocycles. The summed E-state index contributed by atoms with van der Waals surface area (Å²) in [6.07, 6.45) is 3.79. The molecule has 1 fully saturated rings. The van der Waals surface area contributed by atoms with E-state index in [1.54, 1.807) is 5.56 Å². The van der Waals surface area contributed by atoms with Crippen molar-refractivity contribution < 1.29 is 0 Å². The molecule has 2 aliphatic rings. The van der Waals surface area contributed by atoms with E-state index in [4.69, 9.17) is 0 Å². The molecule has 82 valence electrons. The fourth-order valence-electron chi connectivity index (χ4n) is 3.24. The molecule has 1 spiro atoms. The summed E-state index contributed by atoms with van der Waals surface area (Å²) in [6.45, 7) is 6.80. The minimum atomic E-state index is 0.419. The number of aromatic nitrogens is 2. The molecule has 1 aromatic rings. The summed E-state index contributed by atoms with van der Waals surface area (Å²) in [5.41, 5.74) is 4.69. The molecule has 3 rings (SSSR count). The van der Waals surface area contributed by atoms with E-state index in [0.29, 0.717) is 11.3 Å². The standard InChI is InChI=1S/C12H19N3/c1-8(2)11-10-9(14-15-11)3-4-12(10)5-6-13-7-12/h8,13H,3-7H2,1-2H3,(H,14,15). The minimum Gasteiger partial charge on any atom is -0.316 e. The number of fused-ring (bicyclic) bond motifs is 2. The van der Waals surface area contributed by atoms with Crippen LogP contribution in [-0.4, -0.2) is 23.3 Å². The van der Waals surface area contributed by atoms with Gasteiger partial charge in [-0.15, -0.1) is 0 Å². The Hall–Kier alpha value is -0.830. The average molecular weight is 205 g/mol. The van der Waals surface area contributed by atoms with Gasteiger partial charge in [0.25, 0.3) is 0 Å². The van der Waals surface area contributed by atoms with Gasteiger partial charge in [0.1, 0.15) is 0 Å². The molecule has 0 bridgehead atoms. The lowest BCUT2D eigenvalue weighted by molar-refractivity contribution is 0.460. The normalized spacial score (nSPS) is 29.3. The Balaban J connectivity index is 2.10. The molecule has 15 heavy (non-hydrogen) atoms. The fourth-order valence-corrected chi connectivity index (χ4v) is 3.24. The predicted octanol–water partition coefficient (Wildman–Crippen LogP) is 1.71. The summed E-state index contributed by atoms with van der Waals surface area (Å²) in [4.78, 5) is 0. The summed E-state index contributed by atoms with van der Waals surface area (Å²) in [7, 11) is 0. The van der Waals surface area contributed by atoms with E-state index in [1.165, 1.54) is 37.2 Å². The number of aromatic amines is 1. The maximum Gasteiger partial charge on any atom is 0.0688 e. The van der Waals surface area contributed by atoms with E-state index in [2.05, 4.69) is 29.4 Å². The van der Waals surface area contributed by atoms with E-state index in [0.717, 1.165) is 6.54 Å². The summed E-state index contributed by atoms with van der Waals surface area (Å²) >= 11 is 0. The highest BCUT2D eigenvalue weighted by Gasteiger charge is 2.44. The van der Waals surface area contributed by atoms with Crippen molar-refractivity contribution >= 4 is 0 Å². The molecule has 1 atom stereocenters. The van der Waals surface area contributed by atoms with E-state index >= 15 is 0 Å². The van der Waals surface area contributed by atoms with Crippen molar-refractivity contribution in [3.05, 3.63) is 17.0 Å². The van der Waals surface area contributed by atoms with Crippen LogP contribution in [-0.2, 0) is 11.8 Å². The van der Waals surface area contributed by atoms with Crippen molar-refractivity contribution in [2.24, 2.45) is 0 Å². The van der Waals surface area contributed by atoms with Crippen molar-refractivity contribution in [2.45, 2.75) is 44.4 Å². The quantitative estimate of drug-likeness (QED) is 0.732. The number of hydrogen-bond donors (Lipinski definition) is 2. The minimum absolute atomic E-state index is 0.419. The molecule has 1 saturated heterocycles. The van der Waals surface area contributed by atoms with Crippen molar-refractivity contribution in [3.63, 3.8) is 0 Å². The molecule has 3 nitrogen and oxygen atoms in total. The van der Waals surface area contributed by atoms with E-state index in [-0.39, 0.29) is 0 Å². The SMILES string of the molecule is CC(C)c1n[nH]c2c1C1(CCNC1)CC2. The summed E-state index contributed by atoms with van der Waals surface area (Å²) < 4.78 is 0. The highest BCUT2D eigenvalue weighted by Crippen LogP contribution is 2.45. The van der Waals surface area contributed by atoms with Gasteiger partial charge in [-0.3, -0.25) is 5.10 Å². The third-order valence-electron chi connectivity index (χ3n) is 4.04. The third kappa shape index (κ3) is 1.19. The summed E-state index contributed by atoms with van der Waals surface area (Å²) in [5, 5.41) is 11.3. The molecule has 0 saturated carbocycles. The molecule has 1 aliphatic carbocycles.